The summed E-state index contributed by atoms with van der Waals surface area (Å²) in [7, 11) is 0. The summed E-state index contributed by atoms with van der Waals surface area (Å²) in [6.45, 7) is 6.11. The summed E-state index contributed by atoms with van der Waals surface area (Å²) >= 11 is 1.64. The number of nitrogens with zero attached hydrogens (tertiary/aromatic N) is 3. The highest BCUT2D eigenvalue weighted by Gasteiger charge is 2.34. The molecule has 1 aliphatic heterocycles. The number of hydrogen-bond donors (Lipinski definition) is 2. The maximum absolute atomic E-state index is 12.4. The molecule has 1 unspecified atom stereocenters. The van der Waals surface area contributed by atoms with Gasteiger partial charge in [-0.2, -0.15) is 13.2 Å². The van der Waals surface area contributed by atoms with Crippen molar-refractivity contribution in [2.45, 2.75) is 32.9 Å². The first-order chi connectivity index (χ1) is 11.9. The third-order valence-electron chi connectivity index (χ3n) is 3.96. The highest BCUT2D eigenvalue weighted by atomic mass is 127. The number of aryl methyl sites for hydroxylation is 1. The molecule has 1 fully saturated rings. The molecule has 0 radical (unpaired) electrons. The monoisotopic (exact) mass is 505 g/mol. The topological polar surface area (TPSA) is 52.6 Å². The fraction of sp³-hybridized carbons (Fsp3) is 0.750. The number of halogens is 4. The molecule has 2 rings (SSSR count). The highest BCUT2D eigenvalue weighted by molar-refractivity contribution is 14.0. The summed E-state index contributed by atoms with van der Waals surface area (Å²) in [5.41, 5.74) is 1.06. The van der Waals surface area contributed by atoms with Crippen LogP contribution in [0, 0.1) is 12.8 Å². The number of thiazole rings is 1. The predicted molar refractivity (Wildman–Crippen MR) is 111 cm³/mol. The van der Waals surface area contributed by atoms with Gasteiger partial charge in [-0.15, -0.1) is 35.3 Å². The molecule has 2 heterocycles. The fourth-order valence-electron chi connectivity index (χ4n) is 2.85. The van der Waals surface area contributed by atoms with E-state index in [1.807, 2.05) is 13.8 Å². The van der Waals surface area contributed by atoms with E-state index in [0.717, 1.165) is 36.6 Å². The van der Waals surface area contributed by atoms with Gasteiger partial charge in [0.15, 0.2) is 5.96 Å². The van der Waals surface area contributed by atoms with Crippen molar-refractivity contribution in [2.75, 3.05) is 39.3 Å². The van der Waals surface area contributed by atoms with Crippen LogP contribution in [0.15, 0.2) is 10.4 Å². The minimum atomic E-state index is -4.12. The quantitative estimate of drug-likeness (QED) is 0.340. The van der Waals surface area contributed by atoms with Gasteiger partial charge >= 0.3 is 6.18 Å². The van der Waals surface area contributed by atoms with E-state index in [4.69, 9.17) is 0 Å². The molecule has 26 heavy (non-hydrogen) atoms. The first kappa shape index (κ1) is 23.4. The van der Waals surface area contributed by atoms with Crippen LogP contribution in [-0.2, 0) is 6.42 Å². The highest BCUT2D eigenvalue weighted by Crippen LogP contribution is 2.22. The molecular formula is C16H27F3IN5S. The Hall–Kier alpha value is -0.620. The van der Waals surface area contributed by atoms with Crippen molar-refractivity contribution in [3.8, 4) is 0 Å². The number of rotatable bonds is 7. The molecule has 0 bridgehead atoms. The Morgan fingerprint density at radius 2 is 2.19 bits per heavy atom. The van der Waals surface area contributed by atoms with Crippen LogP contribution in [-0.4, -0.2) is 61.3 Å². The molecule has 10 heteroatoms. The zero-order valence-electron chi connectivity index (χ0n) is 15.1. The van der Waals surface area contributed by atoms with E-state index in [1.54, 1.807) is 11.3 Å². The van der Waals surface area contributed by atoms with Gasteiger partial charge in [-0.25, -0.2) is 4.98 Å². The van der Waals surface area contributed by atoms with Crippen molar-refractivity contribution in [1.29, 1.82) is 0 Å². The zero-order valence-corrected chi connectivity index (χ0v) is 18.3. The number of hydrogen-bond acceptors (Lipinski definition) is 4. The van der Waals surface area contributed by atoms with Crippen LogP contribution in [0.25, 0.3) is 0 Å². The number of likely N-dealkylation sites (tertiary alicyclic amines) is 1. The predicted octanol–water partition coefficient (Wildman–Crippen LogP) is 3.05. The van der Waals surface area contributed by atoms with Crippen molar-refractivity contribution in [1.82, 2.24) is 20.5 Å². The lowest BCUT2D eigenvalue weighted by atomic mass is 10.1. The number of nitrogens with one attached hydrogen (secondary N) is 2. The van der Waals surface area contributed by atoms with Gasteiger partial charge in [0.25, 0.3) is 0 Å². The lowest BCUT2D eigenvalue weighted by molar-refractivity contribution is -0.143. The first-order valence-corrected chi connectivity index (χ1v) is 9.46. The third-order valence-corrected chi connectivity index (χ3v) is 4.79. The van der Waals surface area contributed by atoms with Gasteiger partial charge in [0.1, 0.15) is 0 Å². The van der Waals surface area contributed by atoms with E-state index in [0.29, 0.717) is 25.6 Å². The minimum Gasteiger partial charge on any atom is -0.357 e. The lowest BCUT2D eigenvalue weighted by Gasteiger charge is -2.17. The summed E-state index contributed by atoms with van der Waals surface area (Å²) in [6, 6.07) is 0. The Bertz CT molecular complexity index is 564. The summed E-state index contributed by atoms with van der Waals surface area (Å²) < 4.78 is 37.3. The number of alkyl halides is 3. The first-order valence-electron chi connectivity index (χ1n) is 8.58. The van der Waals surface area contributed by atoms with Gasteiger partial charge in [0.2, 0.25) is 0 Å². The smallest absolute Gasteiger partial charge is 0.357 e. The Balaban J connectivity index is 0.00000338. The fourth-order valence-corrected chi connectivity index (χ4v) is 3.50. The molecule has 0 saturated carbocycles. The number of aromatic nitrogens is 1. The molecule has 1 saturated heterocycles. The Morgan fingerprint density at radius 1 is 1.42 bits per heavy atom. The molecule has 0 aromatic carbocycles. The Labute approximate surface area is 173 Å². The number of aliphatic imine (C=N–C) groups is 1. The van der Waals surface area contributed by atoms with Crippen LogP contribution in [0.3, 0.4) is 0 Å². The summed E-state index contributed by atoms with van der Waals surface area (Å²) in [6.07, 6.45) is -2.54. The van der Waals surface area contributed by atoms with Crippen molar-refractivity contribution in [3.63, 3.8) is 0 Å². The molecule has 5 nitrogen and oxygen atoms in total. The molecule has 0 amide bonds. The van der Waals surface area contributed by atoms with Crippen LogP contribution in [0.1, 0.15) is 24.0 Å². The molecule has 150 valence electrons. The normalized spacial score (nSPS) is 18.7. The van der Waals surface area contributed by atoms with E-state index in [9.17, 15) is 13.2 Å². The SMILES string of the molecule is CCNC(=NCC1CCN(CC(F)(F)F)C1)NCCc1csc(C)n1.I. The van der Waals surface area contributed by atoms with Crippen LogP contribution in [0.5, 0.6) is 0 Å². The second kappa shape index (κ2) is 11.3. The molecule has 1 atom stereocenters. The Kier molecular flexibility index (Phi) is 10.2. The summed E-state index contributed by atoms with van der Waals surface area (Å²) in [5, 5.41) is 9.54. The van der Waals surface area contributed by atoms with Crippen LogP contribution in [0.2, 0.25) is 0 Å². The standard InChI is InChI=1S/C16H26F3N5S.HI/c1-3-20-15(21-6-4-14-10-25-12(2)23-14)22-8-13-5-7-24(9-13)11-16(17,18)19;/h10,13H,3-9,11H2,1-2H3,(H2,20,21,22);1H. The summed E-state index contributed by atoms with van der Waals surface area (Å²) in [4.78, 5) is 10.4. The third kappa shape index (κ3) is 8.85. The van der Waals surface area contributed by atoms with Crippen molar-refractivity contribution >= 4 is 41.3 Å². The van der Waals surface area contributed by atoms with Gasteiger partial charge in [0.05, 0.1) is 17.2 Å². The van der Waals surface area contributed by atoms with Gasteiger partial charge in [0, 0.05) is 38.0 Å². The van der Waals surface area contributed by atoms with Crippen molar-refractivity contribution < 1.29 is 13.2 Å². The molecule has 1 aliphatic rings. The van der Waals surface area contributed by atoms with Crippen molar-refractivity contribution in [3.05, 3.63) is 16.1 Å². The van der Waals surface area contributed by atoms with Crippen LogP contribution < -0.4 is 10.6 Å². The molecular weight excluding hydrogens is 478 g/mol. The summed E-state index contributed by atoms with van der Waals surface area (Å²) in [5.74, 6) is 0.891. The van der Waals surface area contributed by atoms with E-state index in [1.165, 1.54) is 4.90 Å². The van der Waals surface area contributed by atoms with Gasteiger partial charge < -0.3 is 10.6 Å². The molecule has 1 aromatic rings. The van der Waals surface area contributed by atoms with E-state index in [2.05, 4.69) is 26.0 Å². The lowest BCUT2D eigenvalue weighted by Crippen LogP contribution is -2.39. The Morgan fingerprint density at radius 3 is 2.81 bits per heavy atom. The second-order valence-corrected chi connectivity index (χ2v) is 7.32. The van der Waals surface area contributed by atoms with E-state index < -0.39 is 12.7 Å². The number of guanidine groups is 1. The van der Waals surface area contributed by atoms with E-state index in [-0.39, 0.29) is 29.9 Å². The second-order valence-electron chi connectivity index (χ2n) is 6.26. The zero-order chi connectivity index (χ0) is 18.3. The average molecular weight is 505 g/mol. The minimum absolute atomic E-state index is 0. The van der Waals surface area contributed by atoms with Gasteiger partial charge in [-0.05, 0) is 32.7 Å². The molecule has 1 aromatic heterocycles. The van der Waals surface area contributed by atoms with Gasteiger partial charge in [-0.1, -0.05) is 0 Å². The molecule has 2 N–H and O–H groups in total. The van der Waals surface area contributed by atoms with Crippen molar-refractivity contribution in [2.24, 2.45) is 10.9 Å². The van der Waals surface area contributed by atoms with Gasteiger partial charge in [-0.3, -0.25) is 9.89 Å². The average Bonchev–Trinajstić information content (AvgIpc) is 3.12. The van der Waals surface area contributed by atoms with Crippen LogP contribution >= 0.6 is 35.3 Å². The van der Waals surface area contributed by atoms with Crippen LogP contribution in [0.4, 0.5) is 13.2 Å². The maximum atomic E-state index is 12.4. The molecule has 0 aliphatic carbocycles. The van der Waals surface area contributed by atoms with E-state index >= 15 is 0 Å². The molecule has 0 spiro atoms. The maximum Gasteiger partial charge on any atom is 0.401 e. The largest absolute Gasteiger partial charge is 0.401 e.